The van der Waals surface area contributed by atoms with Gasteiger partial charge < -0.3 is 5.11 Å². The van der Waals surface area contributed by atoms with Gasteiger partial charge in [-0.25, -0.2) is 4.98 Å². The lowest BCUT2D eigenvalue weighted by Gasteiger charge is -2.05. The highest BCUT2D eigenvalue weighted by atomic mass is 32.1. The molecular weight excluding hydrogens is 234 g/mol. The number of aliphatic carboxylic acids is 1. The maximum atomic E-state index is 10.7. The predicted molar refractivity (Wildman–Crippen MR) is 68.6 cm³/mol. The van der Waals surface area contributed by atoms with E-state index < -0.39 is 5.97 Å². The normalized spacial score (nSPS) is 24.1. The van der Waals surface area contributed by atoms with E-state index in [1.807, 2.05) is 6.92 Å². The van der Waals surface area contributed by atoms with E-state index >= 15 is 0 Å². The van der Waals surface area contributed by atoms with Crippen LogP contribution in [0.5, 0.6) is 0 Å². The molecule has 1 N–H and O–H groups in total. The van der Waals surface area contributed by atoms with Crippen molar-refractivity contribution in [2.45, 2.75) is 51.9 Å². The van der Waals surface area contributed by atoms with Gasteiger partial charge in [0.15, 0.2) is 0 Å². The Hall–Kier alpha value is -0.900. The minimum atomic E-state index is -0.763. The number of carboxylic acid groups (broad SMARTS) is 1. The smallest absolute Gasteiger partial charge is 0.308 e. The summed E-state index contributed by atoms with van der Waals surface area (Å²) in [6, 6.07) is 0. The molecule has 2 unspecified atom stereocenters. The second-order valence-corrected chi connectivity index (χ2v) is 6.03. The number of rotatable bonds is 4. The van der Waals surface area contributed by atoms with Crippen LogP contribution in [0.1, 0.15) is 54.1 Å². The molecule has 4 heteroatoms. The average molecular weight is 253 g/mol. The van der Waals surface area contributed by atoms with Gasteiger partial charge in [0, 0.05) is 10.8 Å². The molecule has 0 bridgehead atoms. The number of carboxylic acids is 1. The predicted octanol–water partition coefficient (Wildman–Crippen LogP) is 3.37. The quantitative estimate of drug-likeness (QED) is 0.895. The highest BCUT2D eigenvalue weighted by Crippen LogP contribution is 2.41. The number of thiazole rings is 1. The van der Waals surface area contributed by atoms with E-state index in [0.29, 0.717) is 5.92 Å². The summed E-state index contributed by atoms with van der Waals surface area (Å²) in [6.07, 6.45) is 5.12. The SMILES string of the molecule is CCC1CCC(c2nc(C)c(CC(=O)O)s2)C1. The monoisotopic (exact) mass is 253 g/mol. The van der Waals surface area contributed by atoms with E-state index in [1.54, 1.807) is 11.3 Å². The maximum absolute atomic E-state index is 10.7. The van der Waals surface area contributed by atoms with Gasteiger partial charge in [-0.3, -0.25) is 4.79 Å². The van der Waals surface area contributed by atoms with Gasteiger partial charge in [0.2, 0.25) is 0 Å². The summed E-state index contributed by atoms with van der Waals surface area (Å²) in [5, 5.41) is 9.99. The van der Waals surface area contributed by atoms with Crippen molar-refractivity contribution in [1.82, 2.24) is 4.98 Å². The number of hydrogen-bond donors (Lipinski definition) is 1. The van der Waals surface area contributed by atoms with E-state index in [0.717, 1.165) is 21.5 Å². The second-order valence-electron chi connectivity index (χ2n) is 4.92. The molecule has 0 amide bonds. The van der Waals surface area contributed by atoms with E-state index in [1.165, 1.54) is 25.7 Å². The van der Waals surface area contributed by atoms with Crippen LogP contribution in [-0.2, 0) is 11.2 Å². The van der Waals surface area contributed by atoms with E-state index in [2.05, 4.69) is 11.9 Å². The molecule has 0 aliphatic heterocycles. The summed E-state index contributed by atoms with van der Waals surface area (Å²) in [5.41, 5.74) is 0.910. The third kappa shape index (κ3) is 2.86. The molecular formula is C13H19NO2S. The second kappa shape index (κ2) is 5.17. The Kier molecular flexibility index (Phi) is 3.82. The molecule has 0 radical (unpaired) electrons. The van der Waals surface area contributed by atoms with Crippen LogP contribution in [0.4, 0.5) is 0 Å². The Labute approximate surface area is 106 Å². The van der Waals surface area contributed by atoms with Gasteiger partial charge in [0.1, 0.15) is 0 Å². The first-order valence-corrected chi connectivity index (χ1v) is 7.09. The number of aromatic nitrogens is 1. The first-order valence-electron chi connectivity index (χ1n) is 6.28. The molecule has 1 aliphatic rings. The molecule has 1 aromatic heterocycles. The van der Waals surface area contributed by atoms with E-state index in [4.69, 9.17) is 5.11 Å². The first kappa shape index (κ1) is 12.6. The van der Waals surface area contributed by atoms with Crippen molar-refractivity contribution in [2.75, 3.05) is 0 Å². The zero-order chi connectivity index (χ0) is 12.4. The summed E-state index contributed by atoms with van der Waals surface area (Å²) in [4.78, 5) is 16.2. The van der Waals surface area contributed by atoms with E-state index in [9.17, 15) is 4.79 Å². The third-order valence-electron chi connectivity index (χ3n) is 3.69. The standard InChI is InChI=1S/C13H19NO2S/c1-3-9-4-5-10(6-9)13-14-8(2)11(17-13)7-12(15)16/h9-10H,3-7H2,1-2H3,(H,15,16). The van der Waals surface area contributed by atoms with Crippen LogP contribution in [0.25, 0.3) is 0 Å². The fraction of sp³-hybridized carbons (Fsp3) is 0.692. The largest absolute Gasteiger partial charge is 0.481 e. The van der Waals surface area contributed by atoms with E-state index in [-0.39, 0.29) is 6.42 Å². The lowest BCUT2D eigenvalue weighted by molar-refractivity contribution is -0.136. The van der Waals surface area contributed by atoms with Gasteiger partial charge in [0.05, 0.1) is 17.1 Å². The van der Waals surface area contributed by atoms with Crippen molar-refractivity contribution < 1.29 is 9.90 Å². The molecule has 0 saturated heterocycles. The number of hydrogen-bond acceptors (Lipinski definition) is 3. The maximum Gasteiger partial charge on any atom is 0.308 e. The number of aryl methyl sites for hydroxylation is 1. The molecule has 3 nitrogen and oxygen atoms in total. The summed E-state index contributed by atoms with van der Waals surface area (Å²) >= 11 is 1.61. The van der Waals surface area contributed by atoms with Crippen LogP contribution in [-0.4, -0.2) is 16.1 Å². The summed E-state index contributed by atoms with van der Waals surface area (Å²) in [6.45, 7) is 4.17. The molecule has 0 aromatic carbocycles. The molecule has 1 aliphatic carbocycles. The van der Waals surface area contributed by atoms with Crippen molar-refractivity contribution in [2.24, 2.45) is 5.92 Å². The Morgan fingerprint density at radius 1 is 1.53 bits per heavy atom. The molecule has 0 spiro atoms. The van der Waals surface area contributed by atoms with Gasteiger partial charge >= 0.3 is 5.97 Å². The molecule has 1 aromatic rings. The van der Waals surface area contributed by atoms with Gasteiger partial charge in [0.25, 0.3) is 0 Å². The summed E-state index contributed by atoms with van der Waals surface area (Å²) in [5.74, 6) is 0.652. The molecule has 1 fully saturated rings. The van der Waals surface area contributed by atoms with Crippen molar-refractivity contribution in [3.63, 3.8) is 0 Å². The third-order valence-corrected chi connectivity index (χ3v) is 5.01. The fourth-order valence-electron chi connectivity index (χ4n) is 2.60. The Morgan fingerprint density at radius 3 is 2.88 bits per heavy atom. The van der Waals surface area contributed by atoms with Crippen LogP contribution < -0.4 is 0 Å². The lowest BCUT2D eigenvalue weighted by Crippen LogP contribution is -1.99. The van der Waals surface area contributed by atoms with Crippen LogP contribution in [0.3, 0.4) is 0 Å². The highest BCUT2D eigenvalue weighted by molar-refractivity contribution is 7.11. The van der Waals surface area contributed by atoms with Crippen LogP contribution in [0.15, 0.2) is 0 Å². The molecule has 17 heavy (non-hydrogen) atoms. The van der Waals surface area contributed by atoms with Crippen LogP contribution >= 0.6 is 11.3 Å². The fourth-order valence-corrected chi connectivity index (χ4v) is 3.80. The van der Waals surface area contributed by atoms with Crippen molar-refractivity contribution in [3.05, 3.63) is 15.6 Å². The molecule has 1 saturated carbocycles. The number of nitrogens with zero attached hydrogens (tertiary/aromatic N) is 1. The lowest BCUT2D eigenvalue weighted by atomic mass is 10.0. The molecule has 2 rings (SSSR count). The Bertz CT molecular complexity index is 414. The highest BCUT2D eigenvalue weighted by Gasteiger charge is 2.27. The zero-order valence-corrected chi connectivity index (χ0v) is 11.2. The van der Waals surface area contributed by atoms with Crippen LogP contribution in [0, 0.1) is 12.8 Å². The minimum absolute atomic E-state index is 0.118. The summed E-state index contributed by atoms with van der Waals surface area (Å²) < 4.78 is 0. The zero-order valence-electron chi connectivity index (χ0n) is 10.4. The summed E-state index contributed by atoms with van der Waals surface area (Å²) in [7, 11) is 0. The first-order chi connectivity index (χ1) is 8.10. The Morgan fingerprint density at radius 2 is 2.29 bits per heavy atom. The van der Waals surface area contributed by atoms with Gasteiger partial charge in [-0.2, -0.15) is 0 Å². The average Bonchev–Trinajstić information content (AvgIpc) is 2.85. The van der Waals surface area contributed by atoms with Crippen molar-refractivity contribution in [3.8, 4) is 0 Å². The Balaban J connectivity index is 2.09. The molecule has 94 valence electrons. The topological polar surface area (TPSA) is 50.2 Å². The van der Waals surface area contributed by atoms with Gasteiger partial charge in [-0.05, 0) is 32.1 Å². The molecule has 2 atom stereocenters. The van der Waals surface area contributed by atoms with Crippen molar-refractivity contribution in [1.29, 1.82) is 0 Å². The van der Waals surface area contributed by atoms with Gasteiger partial charge in [-0.15, -0.1) is 11.3 Å². The van der Waals surface area contributed by atoms with Crippen LogP contribution in [0.2, 0.25) is 0 Å². The minimum Gasteiger partial charge on any atom is -0.481 e. The molecule has 1 heterocycles. The van der Waals surface area contributed by atoms with Gasteiger partial charge in [-0.1, -0.05) is 13.3 Å². The number of carbonyl (C=O) groups is 1. The van der Waals surface area contributed by atoms with Crippen molar-refractivity contribution >= 4 is 17.3 Å².